The van der Waals surface area contributed by atoms with Gasteiger partial charge in [-0.25, -0.2) is 8.42 Å². The van der Waals surface area contributed by atoms with E-state index in [0.717, 1.165) is 26.5 Å². The van der Waals surface area contributed by atoms with Gasteiger partial charge in [0.05, 0.1) is 6.54 Å². The van der Waals surface area contributed by atoms with Crippen LogP contribution in [0.5, 0.6) is 5.75 Å². The lowest BCUT2D eigenvalue weighted by atomic mass is 10.2. The molecule has 0 aliphatic carbocycles. The number of anilines is 1. The predicted molar refractivity (Wildman–Crippen MR) is 107 cm³/mol. The topological polar surface area (TPSA) is 83.9 Å². The molecule has 1 heterocycles. The molecule has 0 aliphatic rings. The van der Waals surface area contributed by atoms with Crippen LogP contribution in [-0.2, 0) is 21.4 Å². The maximum Gasteiger partial charge on any atom is 0.573 e. The van der Waals surface area contributed by atoms with E-state index in [9.17, 15) is 26.4 Å². The molecule has 6 nitrogen and oxygen atoms in total. The van der Waals surface area contributed by atoms with E-state index < -0.39 is 33.9 Å². The van der Waals surface area contributed by atoms with Crippen molar-refractivity contribution >= 4 is 42.4 Å². The van der Waals surface area contributed by atoms with Crippen molar-refractivity contribution in [3.63, 3.8) is 0 Å². The van der Waals surface area contributed by atoms with E-state index in [0.29, 0.717) is 16.1 Å². The molecular weight excluding hydrogens is 443 g/mol. The molecule has 160 valence electrons. The second kappa shape index (κ2) is 8.15. The van der Waals surface area contributed by atoms with Crippen molar-refractivity contribution in [1.29, 1.82) is 0 Å². The third-order valence-corrected chi connectivity index (χ3v) is 7.18. The van der Waals surface area contributed by atoms with Gasteiger partial charge in [-0.1, -0.05) is 30.3 Å². The summed E-state index contributed by atoms with van der Waals surface area (Å²) in [4.78, 5) is 11.1. The number of benzene rings is 2. The predicted octanol–water partition coefficient (Wildman–Crippen LogP) is 4.53. The Labute approximate surface area is 174 Å². The number of sulfonamides is 1. The standard InChI is InChI=1S/C19H16F3NO5S2/c1-12-15-4-2-3-5-16(15)29-18(12)23(30(26,27)11-17(24)25)10-13-6-8-14(9-7-13)28-19(20,21)22/h2-9H,10-11H2,1H3,(H,24,25). The van der Waals surface area contributed by atoms with Gasteiger partial charge >= 0.3 is 12.3 Å². The molecule has 0 bridgehead atoms. The first-order valence-electron chi connectivity index (χ1n) is 8.51. The summed E-state index contributed by atoms with van der Waals surface area (Å²) in [6.07, 6.45) is -4.84. The van der Waals surface area contributed by atoms with Crippen LogP contribution in [0.1, 0.15) is 11.1 Å². The highest BCUT2D eigenvalue weighted by molar-refractivity contribution is 7.93. The van der Waals surface area contributed by atoms with Crippen molar-refractivity contribution < 1.29 is 36.2 Å². The second-order valence-electron chi connectivity index (χ2n) is 6.38. The van der Waals surface area contributed by atoms with Crippen LogP contribution in [0.15, 0.2) is 48.5 Å². The highest BCUT2D eigenvalue weighted by Crippen LogP contribution is 2.39. The Morgan fingerprint density at radius 3 is 2.33 bits per heavy atom. The lowest BCUT2D eigenvalue weighted by Gasteiger charge is -2.23. The number of alkyl halides is 3. The molecule has 3 aromatic rings. The molecule has 0 saturated heterocycles. The molecule has 0 saturated carbocycles. The molecule has 11 heteroatoms. The Morgan fingerprint density at radius 1 is 1.13 bits per heavy atom. The Morgan fingerprint density at radius 2 is 1.77 bits per heavy atom. The van der Waals surface area contributed by atoms with Crippen molar-refractivity contribution in [2.24, 2.45) is 0 Å². The van der Waals surface area contributed by atoms with Gasteiger partial charge in [-0.05, 0) is 41.6 Å². The van der Waals surface area contributed by atoms with Crippen LogP contribution < -0.4 is 9.04 Å². The number of fused-ring (bicyclic) bond motifs is 1. The number of rotatable bonds is 7. The number of halogens is 3. The van der Waals surface area contributed by atoms with Crippen molar-refractivity contribution in [1.82, 2.24) is 0 Å². The minimum atomic E-state index is -4.84. The highest BCUT2D eigenvalue weighted by atomic mass is 32.2. The zero-order valence-electron chi connectivity index (χ0n) is 15.5. The molecule has 0 unspecified atom stereocenters. The highest BCUT2D eigenvalue weighted by Gasteiger charge is 2.31. The van der Waals surface area contributed by atoms with Gasteiger partial charge < -0.3 is 9.84 Å². The fourth-order valence-corrected chi connectivity index (χ4v) is 5.66. The molecule has 2 aromatic carbocycles. The Kier molecular flexibility index (Phi) is 5.95. The third kappa shape index (κ3) is 5.03. The summed E-state index contributed by atoms with van der Waals surface area (Å²) < 4.78 is 68.2. The van der Waals surface area contributed by atoms with Crippen molar-refractivity contribution in [3.8, 4) is 5.75 Å². The zero-order valence-corrected chi connectivity index (χ0v) is 17.1. The van der Waals surface area contributed by atoms with E-state index in [-0.39, 0.29) is 6.54 Å². The van der Waals surface area contributed by atoms with E-state index in [4.69, 9.17) is 5.11 Å². The smallest absolute Gasteiger partial charge is 0.480 e. The number of thiophene rings is 1. The van der Waals surface area contributed by atoms with E-state index >= 15 is 0 Å². The fraction of sp³-hybridized carbons (Fsp3) is 0.211. The molecular formula is C19H16F3NO5S2. The number of hydrogen-bond acceptors (Lipinski definition) is 5. The van der Waals surface area contributed by atoms with E-state index in [2.05, 4.69) is 4.74 Å². The molecule has 3 rings (SSSR count). The summed E-state index contributed by atoms with van der Waals surface area (Å²) in [5.41, 5.74) is 1.04. The molecule has 0 spiro atoms. The van der Waals surface area contributed by atoms with Crippen LogP contribution in [0.2, 0.25) is 0 Å². The number of ether oxygens (including phenoxy) is 1. The van der Waals surface area contributed by atoms with Crippen LogP contribution in [0, 0.1) is 6.92 Å². The average molecular weight is 459 g/mol. The van der Waals surface area contributed by atoms with Crippen LogP contribution in [0.25, 0.3) is 10.1 Å². The average Bonchev–Trinajstić information content (AvgIpc) is 2.95. The quantitative estimate of drug-likeness (QED) is 0.561. The lowest BCUT2D eigenvalue weighted by molar-refractivity contribution is -0.274. The van der Waals surface area contributed by atoms with Crippen LogP contribution in [-0.4, -0.2) is 31.6 Å². The Balaban J connectivity index is 2.00. The summed E-state index contributed by atoms with van der Waals surface area (Å²) >= 11 is 1.20. The van der Waals surface area contributed by atoms with E-state index in [1.807, 2.05) is 12.1 Å². The first kappa shape index (κ1) is 21.9. The summed E-state index contributed by atoms with van der Waals surface area (Å²) in [5, 5.41) is 10.2. The summed E-state index contributed by atoms with van der Waals surface area (Å²) in [6, 6.07) is 12.0. The second-order valence-corrected chi connectivity index (χ2v) is 9.30. The first-order chi connectivity index (χ1) is 14.0. The number of aliphatic carboxylic acids is 1. The van der Waals surface area contributed by atoms with Gasteiger partial charge in [-0.15, -0.1) is 24.5 Å². The number of nitrogens with zero attached hydrogens (tertiary/aromatic N) is 1. The normalized spacial score (nSPS) is 12.1. The number of carboxylic acids is 1. The molecule has 1 N–H and O–H groups in total. The molecule has 0 radical (unpaired) electrons. The first-order valence-corrected chi connectivity index (χ1v) is 10.9. The molecule has 0 atom stereocenters. The number of carbonyl (C=O) groups is 1. The summed E-state index contributed by atoms with van der Waals surface area (Å²) in [5.74, 6) is -3.06. The van der Waals surface area contributed by atoms with E-state index in [1.54, 1.807) is 19.1 Å². The molecule has 0 aliphatic heterocycles. The van der Waals surface area contributed by atoms with Gasteiger partial charge in [0, 0.05) is 4.70 Å². The Bertz CT molecular complexity index is 1170. The number of hydrogen-bond donors (Lipinski definition) is 1. The van der Waals surface area contributed by atoms with Crippen molar-refractivity contribution in [2.75, 3.05) is 10.1 Å². The zero-order chi connectivity index (χ0) is 22.1. The number of aryl methyl sites for hydroxylation is 1. The maximum atomic E-state index is 12.8. The van der Waals surface area contributed by atoms with Crippen LogP contribution in [0.4, 0.5) is 18.2 Å². The molecule has 0 fully saturated rings. The SMILES string of the molecule is Cc1c(N(Cc2ccc(OC(F)(F)F)cc2)S(=O)(=O)CC(=O)O)sc2ccccc12. The summed E-state index contributed by atoms with van der Waals surface area (Å²) in [6.45, 7) is 1.49. The van der Waals surface area contributed by atoms with Crippen LogP contribution in [0.3, 0.4) is 0 Å². The van der Waals surface area contributed by atoms with Gasteiger partial charge in [0.15, 0.2) is 5.75 Å². The van der Waals surface area contributed by atoms with Gasteiger partial charge in [0.2, 0.25) is 10.0 Å². The molecule has 30 heavy (non-hydrogen) atoms. The maximum absolute atomic E-state index is 12.8. The Hall–Kier alpha value is -2.79. The largest absolute Gasteiger partial charge is 0.573 e. The van der Waals surface area contributed by atoms with E-state index in [1.165, 1.54) is 23.5 Å². The fourth-order valence-electron chi connectivity index (χ4n) is 2.89. The third-order valence-electron chi connectivity index (χ3n) is 4.17. The lowest BCUT2D eigenvalue weighted by Crippen LogP contribution is -2.35. The molecule has 1 aromatic heterocycles. The van der Waals surface area contributed by atoms with Gasteiger partial charge in [0.25, 0.3) is 0 Å². The monoisotopic (exact) mass is 459 g/mol. The van der Waals surface area contributed by atoms with Crippen molar-refractivity contribution in [2.45, 2.75) is 19.8 Å². The van der Waals surface area contributed by atoms with Gasteiger partial charge in [-0.2, -0.15) is 0 Å². The molecule has 0 amide bonds. The van der Waals surface area contributed by atoms with Crippen molar-refractivity contribution in [3.05, 3.63) is 59.7 Å². The van der Waals surface area contributed by atoms with Gasteiger partial charge in [0.1, 0.15) is 10.8 Å². The number of carboxylic acid groups (broad SMARTS) is 1. The minimum absolute atomic E-state index is 0.241. The van der Waals surface area contributed by atoms with Gasteiger partial charge in [-0.3, -0.25) is 9.10 Å². The summed E-state index contributed by atoms with van der Waals surface area (Å²) in [7, 11) is -4.25. The minimum Gasteiger partial charge on any atom is -0.480 e. The van der Waals surface area contributed by atoms with Crippen LogP contribution >= 0.6 is 11.3 Å².